The van der Waals surface area contributed by atoms with Crippen LogP contribution in [0.2, 0.25) is 0 Å². The van der Waals surface area contributed by atoms with E-state index in [2.05, 4.69) is 4.98 Å². The van der Waals surface area contributed by atoms with E-state index >= 15 is 0 Å². The molecule has 2 aromatic rings. The molecule has 10 nitrogen and oxygen atoms in total. The number of aliphatic hydroxyl groups excluding tert-OH is 2. The van der Waals surface area contributed by atoms with E-state index < -0.39 is 52.5 Å². The monoisotopic (exact) mass is 496 g/mol. The molecule has 1 saturated heterocycles. The Labute approximate surface area is 198 Å². The summed E-state index contributed by atoms with van der Waals surface area (Å²) in [6, 6.07) is 3.45. The highest BCUT2D eigenvalue weighted by Crippen LogP contribution is 2.30. The largest absolute Gasteiger partial charge is 0.387 e. The van der Waals surface area contributed by atoms with Crippen LogP contribution in [0, 0.1) is 20.8 Å². The number of rotatable bonds is 9. The van der Waals surface area contributed by atoms with E-state index in [1.807, 2.05) is 13.8 Å². The summed E-state index contributed by atoms with van der Waals surface area (Å²) in [7, 11) is -4.17. The van der Waals surface area contributed by atoms with Crippen LogP contribution in [-0.4, -0.2) is 53.1 Å². The fraction of sp³-hybridized carbons (Fsp3) is 0.565. The summed E-state index contributed by atoms with van der Waals surface area (Å²) in [6.07, 6.45) is -1.21. The summed E-state index contributed by atoms with van der Waals surface area (Å²) in [5.74, 6) is 0. The smallest absolute Gasteiger partial charge is 0.330 e. The van der Waals surface area contributed by atoms with Gasteiger partial charge in [0.1, 0.15) is 18.3 Å². The predicted octanol–water partition coefficient (Wildman–Crippen LogP) is 1.22. The molecule has 3 rings (SSSR count). The second-order valence-electron chi connectivity index (χ2n) is 8.79. The second-order valence-corrected chi connectivity index (χ2v) is 10.3. The molecule has 2 heterocycles. The zero-order valence-corrected chi connectivity index (χ0v) is 20.6. The van der Waals surface area contributed by atoms with Gasteiger partial charge in [-0.25, -0.2) is 4.79 Å². The first-order valence-electron chi connectivity index (χ1n) is 11.3. The number of nitrogens with zero attached hydrogens (tertiary/aromatic N) is 1. The first-order valence-corrected chi connectivity index (χ1v) is 12.7. The van der Waals surface area contributed by atoms with E-state index in [1.165, 1.54) is 6.20 Å². The van der Waals surface area contributed by atoms with E-state index in [0.29, 0.717) is 23.1 Å². The van der Waals surface area contributed by atoms with Gasteiger partial charge in [-0.15, -0.1) is 0 Å². The standard InChI is InChI=1S/C23H32N2O8S/c1-5-6-7-8-16-11-25(23(29)24-21(16)28)22-19(27)18(26)17(33-22)12-32-34(30,31)20-14(3)9-13(2)10-15(20)4/h9-11,17-19,22,26-27H,5-8,12H2,1-4H3,(H,24,28,29). The summed E-state index contributed by atoms with van der Waals surface area (Å²) in [5.41, 5.74) is 0.999. The molecule has 1 aliphatic heterocycles. The number of hydrogen-bond donors (Lipinski definition) is 3. The number of aromatic amines is 1. The van der Waals surface area contributed by atoms with Crippen molar-refractivity contribution in [3.63, 3.8) is 0 Å². The molecule has 3 N–H and O–H groups in total. The number of nitrogens with one attached hydrogen (secondary N) is 1. The van der Waals surface area contributed by atoms with E-state index in [-0.39, 0.29) is 4.90 Å². The molecular weight excluding hydrogens is 464 g/mol. The molecule has 0 radical (unpaired) electrons. The maximum absolute atomic E-state index is 12.8. The van der Waals surface area contributed by atoms with Gasteiger partial charge in [0.25, 0.3) is 15.7 Å². The van der Waals surface area contributed by atoms with Gasteiger partial charge in [0, 0.05) is 11.8 Å². The molecule has 0 aliphatic carbocycles. The van der Waals surface area contributed by atoms with Crippen LogP contribution in [0.25, 0.3) is 0 Å². The van der Waals surface area contributed by atoms with Crippen molar-refractivity contribution in [1.82, 2.24) is 9.55 Å². The molecule has 1 fully saturated rings. The first kappa shape index (κ1) is 26.3. The van der Waals surface area contributed by atoms with Crippen LogP contribution in [0.4, 0.5) is 0 Å². The number of aliphatic hydroxyl groups is 2. The van der Waals surface area contributed by atoms with Crippen LogP contribution in [0.5, 0.6) is 0 Å². The second kappa shape index (κ2) is 10.5. The molecule has 0 amide bonds. The normalized spacial score (nSPS) is 22.9. The Morgan fingerprint density at radius 2 is 1.74 bits per heavy atom. The summed E-state index contributed by atoms with van der Waals surface area (Å²) >= 11 is 0. The molecule has 0 saturated carbocycles. The molecule has 0 bridgehead atoms. The quantitative estimate of drug-likeness (QED) is 0.347. The lowest BCUT2D eigenvalue weighted by molar-refractivity contribution is -0.0510. The number of aryl methyl sites for hydroxylation is 4. The fourth-order valence-corrected chi connectivity index (χ4v) is 5.67. The van der Waals surface area contributed by atoms with Gasteiger partial charge in [0.15, 0.2) is 6.23 Å². The molecule has 1 aromatic carbocycles. The Morgan fingerprint density at radius 1 is 1.09 bits per heavy atom. The number of ether oxygens (including phenoxy) is 1. The van der Waals surface area contributed by atoms with Crippen molar-refractivity contribution < 1.29 is 27.6 Å². The number of hydrogen-bond acceptors (Lipinski definition) is 8. The highest BCUT2D eigenvalue weighted by Gasteiger charge is 2.45. The SMILES string of the molecule is CCCCCc1cn(C2OC(COS(=O)(=O)c3c(C)cc(C)cc3C)C(O)C2O)c(=O)[nH]c1=O. The zero-order valence-electron chi connectivity index (χ0n) is 19.8. The third kappa shape index (κ3) is 5.49. The number of aromatic nitrogens is 2. The van der Waals surface area contributed by atoms with Gasteiger partial charge in [0.2, 0.25) is 0 Å². The van der Waals surface area contributed by atoms with Crippen molar-refractivity contribution in [3.05, 3.63) is 61.4 Å². The van der Waals surface area contributed by atoms with Gasteiger partial charge in [-0.05, 0) is 44.7 Å². The van der Waals surface area contributed by atoms with Crippen molar-refractivity contribution in [2.45, 2.75) is 82.8 Å². The minimum Gasteiger partial charge on any atom is -0.387 e. The van der Waals surface area contributed by atoms with Gasteiger partial charge in [-0.2, -0.15) is 8.42 Å². The maximum Gasteiger partial charge on any atom is 0.330 e. The van der Waals surface area contributed by atoms with E-state index in [4.69, 9.17) is 8.92 Å². The molecule has 1 aromatic heterocycles. The molecular formula is C23H32N2O8S. The Bertz CT molecular complexity index is 1230. The highest BCUT2D eigenvalue weighted by molar-refractivity contribution is 7.86. The predicted molar refractivity (Wildman–Crippen MR) is 124 cm³/mol. The number of unbranched alkanes of at least 4 members (excludes halogenated alkanes) is 2. The van der Waals surface area contributed by atoms with Crippen LogP contribution in [0.1, 0.15) is 54.7 Å². The van der Waals surface area contributed by atoms with Crippen molar-refractivity contribution in [2.24, 2.45) is 0 Å². The lowest BCUT2D eigenvalue weighted by Gasteiger charge is -2.18. The van der Waals surface area contributed by atoms with Gasteiger partial charge >= 0.3 is 5.69 Å². The maximum atomic E-state index is 12.8. The zero-order chi connectivity index (χ0) is 25.2. The fourth-order valence-electron chi connectivity index (χ4n) is 4.33. The van der Waals surface area contributed by atoms with Crippen LogP contribution >= 0.6 is 0 Å². The molecule has 11 heteroatoms. The molecule has 4 unspecified atom stereocenters. The average molecular weight is 497 g/mol. The topological polar surface area (TPSA) is 148 Å². The lowest BCUT2D eigenvalue weighted by atomic mass is 10.1. The van der Waals surface area contributed by atoms with E-state index in [9.17, 15) is 28.2 Å². The minimum absolute atomic E-state index is 0.0382. The van der Waals surface area contributed by atoms with Gasteiger partial charge in [-0.3, -0.25) is 18.5 Å². The van der Waals surface area contributed by atoms with Crippen LogP contribution in [-0.2, 0) is 25.5 Å². The Hall–Kier alpha value is -2.31. The molecule has 4 atom stereocenters. The van der Waals surface area contributed by atoms with Gasteiger partial charge in [0.05, 0.1) is 11.5 Å². The summed E-state index contributed by atoms with van der Waals surface area (Å²) in [6.45, 7) is 6.65. The van der Waals surface area contributed by atoms with Gasteiger partial charge < -0.3 is 14.9 Å². The van der Waals surface area contributed by atoms with Crippen molar-refractivity contribution >= 4 is 10.1 Å². The minimum atomic E-state index is -4.17. The Kier molecular flexibility index (Phi) is 8.14. The summed E-state index contributed by atoms with van der Waals surface area (Å²) < 4.78 is 37.5. The molecule has 188 valence electrons. The summed E-state index contributed by atoms with van der Waals surface area (Å²) in [5, 5.41) is 21.0. The van der Waals surface area contributed by atoms with Crippen LogP contribution in [0.3, 0.4) is 0 Å². The Morgan fingerprint density at radius 3 is 2.35 bits per heavy atom. The van der Waals surface area contributed by atoms with Crippen LogP contribution in [0.15, 0.2) is 32.8 Å². The van der Waals surface area contributed by atoms with Gasteiger partial charge in [-0.1, -0.05) is 37.5 Å². The average Bonchev–Trinajstić information content (AvgIpc) is 3.01. The lowest BCUT2D eigenvalue weighted by Crippen LogP contribution is -2.39. The van der Waals surface area contributed by atoms with Crippen molar-refractivity contribution in [1.29, 1.82) is 0 Å². The van der Waals surface area contributed by atoms with E-state index in [1.54, 1.807) is 26.0 Å². The third-order valence-corrected chi connectivity index (χ3v) is 7.54. The Balaban J connectivity index is 1.79. The number of H-pyrrole nitrogens is 1. The van der Waals surface area contributed by atoms with Crippen LogP contribution < -0.4 is 11.2 Å². The first-order chi connectivity index (χ1) is 16.0. The summed E-state index contributed by atoms with van der Waals surface area (Å²) in [4.78, 5) is 26.8. The molecule has 0 spiro atoms. The third-order valence-electron chi connectivity index (χ3n) is 5.94. The molecule has 34 heavy (non-hydrogen) atoms. The van der Waals surface area contributed by atoms with Crippen molar-refractivity contribution in [3.8, 4) is 0 Å². The van der Waals surface area contributed by atoms with Crippen molar-refractivity contribution in [2.75, 3.05) is 6.61 Å². The number of benzene rings is 1. The highest BCUT2D eigenvalue weighted by atomic mass is 32.2. The molecule has 1 aliphatic rings. The van der Waals surface area contributed by atoms with E-state index in [0.717, 1.165) is 29.4 Å².